The molecule has 0 aliphatic carbocycles. The number of amides is 2. The quantitative estimate of drug-likeness (QED) is 0.320. The second-order valence-corrected chi connectivity index (χ2v) is 10.4. The summed E-state index contributed by atoms with van der Waals surface area (Å²) >= 11 is 0. The van der Waals surface area contributed by atoms with Crippen LogP contribution >= 0.6 is 0 Å². The second-order valence-electron chi connectivity index (χ2n) is 8.62. The van der Waals surface area contributed by atoms with Crippen LogP contribution in [0.25, 0.3) is 0 Å². The molecule has 0 bridgehead atoms. The number of carbonyl (C=O) groups is 1. The molecule has 16 heteroatoms. The van der Waals surface area contributed by atoms with Crippen molar-refractivity contribution in [3.05, 3.63) is 17.6 Å². The molecule has 1 atom stereocenters. The third kappa shape index (κ3) is 5.38. The number of nitrogens with zero attached hydrogens (tertiary/aromatic N) is 5. The van der Waals surface area contributed by atoms with Crippen LogP contribution in [0, 0.1) is 0 Å². The SMILES string of the molecule is CO[C@@H]1COc2c(S(=O)(=O)N(N)C(=O)Nc3c(C(C)C)nn(CC(F)(F)F)c3C(C)C)cnn2C1. The van der Waals surface area contributed by atoms with E-state index < -0.39 is 39.6 Å². The molecule has 0 spiro atoms. The van der Waals surface area contributed by atoms with E-state index in [2.05, 4.69) is 15.5 Å². The number of sulfonamides is 1. The van der Waals surface area contributed by atoms with Gasteiger partial charge in [-0.25, -0.2) is 15.3 Å². The van der Waals surface area contributed by atoms with Gasteiger partial charge >= 0.3 is 12.2 Å². The second kappa shape index (κ2) is 9.66. The first-order valence-corrected chi connectivity index (χ1v) is 12.1. The highest BCUT2D eigenvalue weighted by Crippen LogP contribution is 2.35. The molecule has 0 saturated carbocycles. The van der Waals surface area contributed by atoms with E-state index in [1.54, 1.807) is 27.7 Å². The van der Waals surface area contributed by atoms with Crippen molar-refractivity contribution >= 4 is 21.7 Å². The highest BCUT2D eigenvalue weighted by molar-refractivity contribution is 7.89. The average Bonchev–Trinajstić information content (AvgIpc) is 3.33. The molecule has 2 aromatic rings. The van der Waals surface area contributed by atoms with Crippen LogP contribution < -0.4 is 15.9 Å². The Hall–Kier alpha value is -2.85. The number of urea groups is 1. The Morgan fingerprint density at radius 3 is 2.54 bits per heavy atom. The van der Waals surface area contributed by atoms with Crippen LogP contribution in [0.5, 0.6) is 5.88 Å². The topological polar surface area (TPSA) is 147 Å². The van der Waals surface area contributed by atoms with E-state index in [9.17, 15) is 26.4 Å². The molecule has 3 heterocycles. The number of nitrogens with one attached hydrogen (secondary N) is 1. The molecular weight excluding hydrogens is 495 g/mol. The lowest BCUT2D eigenvalue weighted by atomic mass is 10.0. The molecule has 1 aliphatic rings. The summed E-state index contributed by atoms with van der Waals surface area (Å²) in [5, 5.41) is 10.4. The molecule has 2 amide bonds. The standard InChI is InChI=1S/C19H28F3N7O5S/c1-10(2)14-15(16(11(3)4)28(26-14)9-19(20,21)22)25-18(30)29(23)35(31,32)13-6-24-27-7-12(33-5)8-34-17(13)27/h6,10-12H,7-9,23H2,1-5H3,(H,25,30)/t12-/m0/s1. The molecular formula is C19H28F3N7O5S. The Balaban J connectivity index is 1.94. The van der Waals surface area contributed by atoms with Crippen LogP contribution in [0.4, 0.5) is 23.7 Å². The lowest BCUT2D eigenvalue weighted by Crippen LogP contribution is -2.45. The Kier molecular flexibility index (Phi) is 7.38. The van der Waals surface area contributed by atoms with Crippen LogP contribution in [-0.2, 0) is 27.8 Å². The molecule has 2 aromatic heterocycles. The van der Waals surface area contributed by atoms with Gasteiger partial charge in [-0.3, -0.25) is 4.68 Å². The predicted molar refractivity (Wildman–Crippen MR) is 117 cm³/mol. The summed E-state index contributed by atoms with van der Waals surface area (Å²) in [6.07, 6.45) is -3.90. The van der Waals surface area contributed by atoms with Gasteiger partial charge in [0, 0.05) is 7.11 Å². The van der Waals surface area contributed by atoms with Gasteiger partial charge < -0.3 is 14.8 Å². The van der Waals surface area contributed by atoms with Gasteiger partial charge in [-0.2, -0.15) is 31.8 Å². The largest absolute Gasteiger partial charge is 0.474 e. The molecule has 3 N–H and O–H groups in total. The molecule has 0 unspecified atom stereocenters. The highest BCUT2D eigenvalue weighted by atomic mass is 32.2. The van der Waals surface area contributed by atoms with Crippen LogP contribution in [0.1, 0.15) is 50.9 Å². The zero-order valence-corrected chi connectivity index (χ0v) is 20.6. The van der Waals surface area contributed by atoms with Crippen molar-refractivity contribution in [2.45, 2.75) is 69.8 Å². The Morgan fingerprint density at radius 2 is 2.00 bits per heavy atom. The number of carbonyl (C=O) groups excluding carboxylic acids is 1. The van der Waals surface area contributed by atoms with Crippen molar-refractivity contribution in [1.29, 1.82) is 0 Å². The molecule has 0 aromatic carbocycles. The lowest BCUT2D eigenvalue weighted by Gasteiger charge is -2.24. The van der Waals surface area contributed by atoms with E-state index in [4.69, 9.17) is 15.3 Å². The number of ether oxygens (including phenoxy) is 2. The van der Waals surface area contributed by atoms with Crippen LogP contribution in [0.2, 0.25) is 0 Å². The maximum atomic E-state index is 13.1. The minimum atomic E-state index is -4.63. The minimum absolute atomic E-state index is 0.0221. The van der Waals surface area contributed by atoms with Gasteiger partial charge in [-0.15, -0.1) is 4.41 Å². The smallest absolute Gasteiger partial charge is 0.408 e. The van der Waals surface area contributed by atoms with E-state index in [1.807, 2.05) is 0 Å². The van der Waals surface area contributed by atoms with E-state index >= 15 is 0 Å². The molecule has 0 fully saturated rings. The Labute approximate surface area is 200 Å². The maximum absolute atomic E-state index is 13.1. The van der Waals surface area contributed by atoms with Crippen LogP contribution in [0.15, 0.2) is 11.1 Å². The summed E-state index contributed by atoms with van der Waals surface area (Å²) in [5.74, 6) is 4.71. The maximum Gasteiger partial charge on any atom is 0.408 e. The van der Waals surface area contributed by atoms with Crippen molar-refractivity contribution < 1.29 is 35.9 Å². The third-order valence-electron chi connectivity index (χ3n) is 5.29. The van der Waals surface area contributed by atoms with Gasteiger partial charge in [0.2, 0.25) is 5.88 Å². The molecule has 0 saturated heterocycles. The third-order valence-corrected chi connectivity index (χ3v) is 6.81. The fourth-order valence-electron chi connectivity index (χ4n) is 3.65. The van der Waals surface area contributed by atoms with Gasteiger partial charge in [0.1, 0.15) is 19.3 Å². The number of alkyl halides is 3. The number of hydrogen-bond donors (Lipinski definition) is 2. The normalized spacial score (nSPS) is 16.4. The number of methoxy groups -OCH3 is 1. The molecule has 196 valence electrons. The van der Waals surface area contributed by atoms with Crippen molar-refractivity contribution in [2.24, 2.45) is 5.84 Å². The number of fused-ring (bicyclic) bond motifs is 1. The fraction of sp³-hybridized carbons (Fsp3) is 0.632. The molecule has 35 heavy (non-hydrogen) atoms. The van der Waals surface area contributed by atoms with Crippen molar-refractivity contribution in [3.63, 3.8) is 0 Å². The first-order valence-electron chi connectivity index (χ1n) is 10.7. The average molecular weight is 524 g/mol. The Bertz CT molecular complexity index is 1190. The fourth-order valence-corrected chi connectivity index (χ4v) is 4.69. The van der Waals surface area contributed by atoms with E-state index in [-0.39, 0.29) is 52.5 Å². The predicted octanol–water partition coefficient (Wildman–Crippen LogP) is 2.39. The van der Waals surface area contributed by atoms with Crippen molar-refractivity contribution in [2.75, 3.05) is 19.0 Å². The number of rotatable bonds is 7. The summed E-state index contributed by atoms with van der Waals surface area (Å²) in [6, 6.07) is -1.29. The van der Waals surface area contributed by atoms with E-state index in [0.717, 1.165) is 10.9 Å². The lowest BCUT2D eigenvalue weighted by molar-refractivity contribution is -0.143. The van der Waals surface area contributed by atoms with E-state index in [1.165, 1.54) is 11.8 Å². The molecule has 1 aliphatic heterocycles. The number of aromatic nitrogens is 4. The van der Waals surface area contributed by atoms with Gasteiger partial charge in [-0.05, 0) is 11.8 Å². The van der Waals surface area contributed by atoms with Crippen molar-refractivity contribution in [3.8, 4) is 5.88 Å². The van der Waals surface area contributed by atoms with Crippen LogP contribution in [-0.4, -0.2) is 64.4 Å². The highest BCUT2D eigenvalue weighted by Gasteiger charge is 2.37. The molecule has 12 nitrogen and oxygen atoms in total. The summed E-state index contributed by atoms with van der Waals surface area (Å²) in [4.78, 5) is 12.5. The number of anilines is 1. The Morgan fingerprint density at radius 1 is 1.34 bits per heavy atom. The van der Waals surface area contributed by atoms with Gasteiger partial charge in [0.25, 0.3) is 10.0 Å². The summed E-state index contributed by atoms with van der Waals surface area (Å²) in [6.45, 7) is 5.54. The summed E-state index contributed by atoms with van der Waals surface area (Å²) in [7, 11) is -3.15. The van der Waals surface area contributed by atoms with Gasteiger partial charge in [0.15, 0.2) is 4.90 Å². The molecule has 3 rings (SSSR count). The number of hydrogen-bond acceptors (Lipinski definition) is 8. The number of nitrogens with two attached hydrogens (primary N) is 1. The minimum Gasteiger partial charge on any atom is -0.474 e. The van der Waals surface area contributed by atoms with Crippen molar-refractivity contribution in [1.82, 2.24) is 24.0 Å². The summed E-state index contributed by atoms with van der Waals surface area (Å²) in [5.41, 5.74) is 0.224. The number of hydrazine groups is 1. The van der Waals surface area contributed by atoms with Gasteiger partial charge in [0.05, 0.1) is 29.8 Å². The first-order chi connectivity index (χ1) is 16.2. The van der Waals surface area contributed by atoms with E-state index in [0.29, 0.717) is 0 Å². The zero-order valence-electron chi connectivity index (χ0n) is 19.8. The van der Waals surface area contributed by atoms with Crippen LogP contribution in [0.3, 0.4) is 0 Å². The summed E-state index contributed by atoms with van der Waals surface area (Å²) < 4.78 is 78.2. The first kappa shape index (κ1) is 26.7. The zero-order chi connectivity index (χ0) is 26.3. The number of halogens is 3. The monoisotopic (exact) mass is 523 g/mol. The van der Waals surface area contributed by atoms with Gasteiger partial charge in [-0.1, -0.05) is 27.7 Å². The molecule has 0 radical (unpaired) electrons.